The first-order valence-electron chi connectivity index (χ1n) is 6.87. The van der Waals surface area contributed by atoms with Gasteiger partial charge in [-0.2, -0.15) is 0 Å². The van der Waals surface area contributed by atoms with Gasteiger partial charge in [0.15, 0.2) is 9.84 Å². The smallest absolute Gasteiger partial charge is 0.152 e. The van der Waals surface area contributed by atoms with Crippen LogP contribution in [0.1, 0.15) is 11.6 Å². The molecule has 1 unspecified atom stereocenters. The monoisotopic (exact) mass is 314 g/mol. The molecule has 1 fully saturated rings. The third-order valence-corrected chi connectivity index (χ3v) is 5.45. The summed E-state index contributed by atoms with van der Waals surface area (Å²) in [4.78, 5) is 2.10. The van der Waals surface area contributed by atoms with Crippen LogP contribution in [-0.2, 0) is 9.84 Å². The van der Waals surface area contributed by atoms with Crippen molar-refractivity contribution < 1.29 is 17.9 Å². The molecule has 6 nitrogen and oxygen atoms in total. The van der Waals surface area contributed by atoms with Gasteiger partial charge in [0.2, 0.25) is 0 Å². The van der Waals surface area contributed by atoms with Gasteiger partial charge in [-0.1, -0.05) is 6.07 Å². The summed E-state index contributed by atoms with van der Waals surface area (Å²) in [7, 11) is 0.306. The largest absolute Gasteiger partial charge is 0.497 e. The first-order chi connectivity index (χ1) is 10.0. The summed E-state index contributed by atoms with van der Waals surface area (Å²) >= 11 is 0. The van der Waals surface area contributed by atoms with E-state index in [0.29, 0.717) is 31.1 Å². The average Bonchev–Trinajstić information content (AvgIpc) is 2.49. The second kappa shape index (κ2) is 6.64. The van der Waals surface area contributed by atoms with Gasteiger partial charge in [0.1, 0.15) is 11.5 Å². The van der Waals surface area contributed by atoms with Crippen LogP contribution in [0, 0.1) is 0 Å². The maximum atomic E-state index is 11.6. The number of nitrogens with two attached hydrogens (primary N) is 1. The van der Waals surface area contributed by atoms with Crippen LogP contribution < -0.4 is 15.2 Å². The van der Waals surface area contributed by atoms with Crippen molar-refractivity contribution in [1.82, 2.24) is 4.90 Å². The Bertz CT molecular complexity index is 575. The van der Waals surface area contributed by atoms with E-state index >= 15 is 0 Å². The molecule has 1 saturated heterocycles. The third-order valence-electron chi connectivity index (χ3n) is 3.84. The summed E-state index contributed by atoms with van der Waals surface area (Å²) in [6, 6.07) is 5.56. The Labute approximate surface area is 125 Å². The standard InChI is InChI=1S/C14H22N2O4S/c1-19-11-3-4-12(14(9-11)20-2)13(10-15)16-5-7-21(17,18)8-6-16/h3-4,9,13H,5-8,10,15H2,1-2H3. The predicted molar refractivity (Wildman–Crippen MR) is 81.6 cm³/mol. The molecule has 0 radical (unpaired) electrons. The second-order valence-corrected chi connectivity index (χ2v) is 7.35. The second-order valence-electron chi connectivity index (χ2n) is 5.05. The van der Waals surface area contributed by atoms with E-state index in [2.05, 4.69) is 4.90 Å². The molecule has 1 aromatic carbocycles. The minimum absolute atomic E-state index is 0.0543. The molecule has 1 heterocycles. The van der Waals surface area contributed by atoms with Crippen LogP contribution in [0.4, 0.5) is 0 Å². The maximum Gasteiger partial charge on any atom is 0.152 e. The Kier molecular flexibility index (Phi) is 5.08. The Morgan fingerprint density at radius 2 is 1.90 bits per heavy atom. The minimum Gasteiger partial charge on any atom is -0.497 e. The Morgan fingerprint density at radius 1 is 1.24 bits per heavy atom. The van der Waals surface area contributed by atoms with Crippen molar-refractivity contribution in [1.29, 1.82) is 0 Å². The van der Waals surface area contributed by atoms with E-state index < -0.39 is 9.84 Å². The van der Waals surface area contributed by atoms with Gasteiger partial charge < -0.3 is 15.2 Å². The van der Waals surface area contributed by atoms with Gasteiger partial charge in [-0.25, -0.2) is 8.42 Å². The van der Waals surface area contributed by atoms with E-state index in [0.717, 1.165) is 5.56 Å². The van der Waals surface area contributed by atoms with E-state index in [1.807, 2.05) is 18.2 Å². The lowest BCUT2D eigenvalue weighted by Gasteiger charge is -2.34. The van der Waals surface area contributed by atoms with Crippen LogP contribution in [0.15, 0.2) is 18.2 Å². The van der Waals surface area contributed by atoms with Gasteiger partial charge in [0.25, 0.3) is 0 Å². The van der Waals surface area contributed by atoms with Crippen molar-refractivity contribution in [3.8, 4) is 11.5 Å². The van der Waals surface area contributed by atoms with E-state index in [1.165, 1.54) is 0 Å². The molecule has 2 rings (SSSR count). The number of methoxy groups -OCH3 is 2. The van der Waals surface area contributed by atoms with Gasteiger partial charge >= 0.3 is 0 Å². The summed E-state index contributed by atoms with van der Waals surface area (Å²) in [6.07, 6.45) is 0. The molecule has 7 heteroatoms. The molecule has 2 N–H and O–H groups in total. The zero-order valence-electron chi connectivity index (χ0n) is 12.4. The van der Waals surface area contributed by atoms with Crippen LogP contribution in [0.5, 0.6) is 11.5 Å². The number of hydrogen-bond donors (Lipinski definition) is 1. The molecule has 0 amide bonds. The molecule has 1 aromatic rings. The van der Waals surface area contributed by atoms with Crippen molar-refractivity contribution >= 4 is 9.84 Å². The van der Waals surface area contributed by atoms with Crippen molar-refractivity contribution in [2.45, 2.75) is 6.04 Å². The minimum atomic E-state index is -2.90. The number of benzene rings is 1. The summed E-state index contributed by atoms with van der Waals surface area (Å²) < 4.78 is 33.7. The molecule has 1 aliphatic rings. The number of rotatable bonds is 5. The fourth-order valence-electron chi connectivity index (χ4n) is 2.60. The first kappa shape index (κ1) is 16.1. The molecule has 0 aromatic heterocycles. The SMILES string of the molecule is COc1ccc(C(CN)N2CCS(=O)(=O)CC2)c(OC)c1. The Morgan fingerprint density at radius 3 is 2.43 bits per heavy atom. The Balaban J connectivity index is 2.25. The summed E-state index contributed by atoms with van der Waals surface area (Å²) in [5.41, 5.74) is 6.88. The lowest BCUT2D eigenvalue weighted by Crippen LogP contribution is -2.44. The van der Waals surface area contributed by atoms with Gasteiger partial charge in [0.05, 0.1) is 31.8 Å². The average molecular weight is 314 g/mol. The fourth-order valence-corrected chi connectivity index (χ4v) is 3.83. The quantitative estimate of drug-likeness (QED) is 0.849. The number of hydrogen-bond acceptors (Lipinski definition) is 6. The number of ether oxygens (including phenoxy) is 2. The zero-order valence-corrected chi connectivity index (χ0v) is 13.2. The van der Waals surface area contributed by atoms with E-state index in [4.69, 9.17) is 15.2 Å². The molecule has 1 aliphatic heterocycles. The van der Waals surface area contributed by atoms with Crippen LogP contribution in [0.2, 0.25) is 0 Å². The third kappa shape index (κ3) is 3.66. The number of sulfone groups is 1. The number of nitrogens with zero attached hydrogens (tertiary/aromatic N) is 1. The van der Waals surface area contributed by atoms with Crippen molar-refractivity contribution in [2.24, 2.45) is 5.73 Å². The highest BCUT2D eigenvalue weighted by atomic mass is 32.2. The highest BCUT2D eigenvalue weighted by Gasteiger charge is 2.28. The van der Waals surface area contributed by atoms with Crippen molar-refractivity contribution in [2.75, 3.05) is 45.4 Å². The van der Waals surface area contributed by atoms with E-state index in [9.17, 15) is 8.42 Å². The topological polar surface area (TPSA) is 81.9 Å². The van der Waals surface area contributed by atoms with Crippen LogP contribution in [0.25, 0.3) is 0 Å². The van der Waals surface area contributed by atoms with Gasteiger partial charge in [0, 0.05) is 31.3 Å². The highest BCUT2D eigenvalue weighted by molar-refractivity contribution is 7.91. The van der Waals surface area contributed by atoms with E-state index in [1.54, 1.807) is 14.2 Å². The van der Waals surface area contributed by atoms with Gasteiger partial charge in [-0.15, -0.1) is 0 Å². The molecular weight excluding hydrogens is 292 g/mol. The summed E-state index contributed by atoms with van der Waals surface area (Å²) in [6.45, 7) is 1.40. The van der Waals surface area contributed by atoms with Crippen LogP contribution in [0.3, 0.4) is 0 Å². The van der Waals surface area contributed by atoms with Gasteiger partial charge in [-0.3, -0.25) is 4.90 Å². The lowest BCUT2D eigenvalue weighted by molar-refractivity contribution is 0.214. The summed E-state index contributed by atoms with van der Waals surface area (Å²) in [5, 5.41) is 0. The van der Waals surface area contributed by atoms with E-state index in [-0.39, 0.29) is 17.5 Å². The molecule has 21 heavy (non-hydrogen) atoms. The molecule has 118 valence electrons. The lowest BCUT2D eigenvalue weighted by atomic mass is 10.0. The molecule has 0 saturated carbocycles. The molecule has 0 spiro atoms. The zero-order chi connectivity index (χ0) is 15.5. The maximum absolute atomic E-state index is 11.6. The van der Waals surface area contributed by atoms with Crippen molar-refractivity contribution in [3.63, 3.8) is 0 Å². The molecule has 0 aliphatic carbocycles. The van der Waals surface area contributed by atoms with Crippen LogP contribution >= 0.6 is 0 Å². The summed E-state index contributed by atoms with van der Waals surface area (Å²) in [5.74, 6) is 1.79. The Hall–Kier alpha value is -1.31. The molecular formula is C14H22N2O4S. The van der Waals surface area contributed by atoms with Crippen LogP contribution in [-0.4, -0.2) is 58.7 Å². The van der Waals surface area contributed by atoms with Crippen molar-refractivity contribution in [3.05, 3.63) is 23.8 Å². The predicted octanol–water partition coefficient (Wildman–Crippen LogP) is 0.434. The highest BCUT2D eigenvalue weighted by Crippen LogP contribution is 2.32. The normalized spacial score (nSPS) is 20.0. The van der Waals surface area contributed by atoms with Gasteiger partial charge in [-0.05, 0) is 6.07 Å². The molecule has 1 atom stereocenters. The first-order valence-corrected chi connectivity index (χ1v) is 8.69. The molecule has 0 bridgehead atoms. The fraction of sp³-hybridized carbons (Fsp3) is 0.571.